The SMILES string of the molecule is CCCCC1=Cc2c(-c3cccc4ccccc34)c(C)c(C)c(C)c2[CH]1[Zr]([Cl])([Cl])([CH2]C)[CH]1C(CCCC)=Cc2c(-c3cccc4ccccc34)c(C)c(C)c(C)c21. The number of hydrogen-bond donors (Lipinski definition) is 0. The van der Waals surface area contributed by atoms with Crippen LogP contribution in [-0.2, 0) is 16.4 Å². The third-order valence-corrected chi connectivity index (χ3v) is 35.2. The topological polar surface area (TPSA) is 0 Å². The zero-order chi connectivity index (χ0) is 40.4. The van der Waals surface area contributed by atoms with Crippen LogP contribution in [0.1, 0.15) is 122 Å². The number of fused-ring (bicyclic) bond motifs is 4. The van der Waals surface area contributed by atoms with E-state index in [1.807, 2.05) is 0 Å². The number of benzene rings is 6. The standard InChI is InChI=1S/2C26H27.C2H5.2ClH.Zr/c2*1-5-6-10-20-15-24-18(3)17(2)19(4)26(25(24)16-20)23-14-9-12-21-11-7-8-13-22(21)23;1-2;;;/h2*7-9,11-16H,5-6,10H2,1-4H3;1H2,2H3;2*1H;/q;;;;;+2/p-2. The van der Waals surface area contributed by atoms with Gasteiger partial charge in [0.15, 0.2) is 0 Å². The number of allylic oxidation sites excluding steroid dienone is 2. The molecule has 0 amide bonds. The third kappa shape index (κ3) is 6.32. The summed E-state index contributed by atoms with van der Waals surface area (Å²) in [6.45, 7) is 21.0. The van der Waals surface area contributed by atoms with Gasteiger partial charge in [0.25, 0.3) is 0 Å². The summed E-state index contributed by atoms with van der Waals surface area (Å²) in [6, 6.07) is 31.3. The van der Waals surface area contributed by atoms with Crippen LogP contribution in [0.5, 0.6) is 0 Å². The normalized spacial score (nSPS) is 17.1. The average molecular weight is 870 g/mol. The van der Waals surface area contributed by atoms with Gasteiger partial charge in [-0.15, -0.1) is 0 Å². The molecule has 0 N–H and O–H groups in total. The molecule has 8 rings (SSSR count). The second-order valence-electron chi connectivity index (χ2n) is 17.4. The van der Waals surface area contributed by atoms with Crippen molar-refractivity contribution >= 4 is 50.7 Å². The third-order valence-electron chi connectivity index (χ3n) is 14.5. The minimum absolute atomic E-state index is 0.0253. The van der Waals surface area contributed by atoms with Crippen LogP contribution in [0, 0.1) is 41.5 Å². The molecule has 0 fully saturated rings. The van der Waals surface area contributed by atoms with Gasteiger partial charge in [-0.3, -0.25) is 0 Å². The van der Waals surface area contributed by atoms with Crippen molar-refractivity contribution in [1.82, 2.24) is 0 Å². The predicted molar refractivity (Wildman–Crippen MR) is 250 cm³/mol. The maximum atomic E-state index is 9.00. The van der Waals surface area contributed by atoms with Crippen molar-refractivity contribution < 1.29 is 16.4 Å². The van der Waals surface area contributed by atoms with Crippen LogP contribution >= 0.6 is 17.0 Å². The van der Waals surface area contributed by atoms with Gasteiger partial charge in [0.1, 0.15) is 0 Å². The van der Waals surface area contributed by atoms with Gasteiger partial charge in [0, 0.05) is 0 Å². The molecule has 0 heterocycles. The zero-order valence-corrected chi connectivity index (χ0v) is 39.6. The fourth-order valence-electron chi connectivity index (χ4n) is 11.1. The first-order valence-electron chi connectivity index (χ1n) is 21.6. The molecular formula is C54H59Cl2Zr. The van der Waals surface area contributed by atoms with Crippen molar-refractivity contribution in [2.75, 3.05) is 0 Å². The molecule has 0 bridgehead atoms. The second-order valence-corrected chi connectivity index (χ2v) is 40.3. The first kappa shape index (κ1) is 40.6. The van der Waals surface area contributed by atoms with E-state index in [-0.39, 0.29) is 7.25 Å². The number of rotatable bonds is 11. The van der Waals surface area contributed by atoms with Crippen LogP contribution < -0.4 is 0 Å². The average Bonchev–Trinajstić information content (AvgIpc) is 3.81. The van der Waals surface area contributed by atoms with E-state index in [1.54, 1.807) is 0 Å². The quantitative estimate of drug-likeness (QED) is 0.122. The van der Waals surface area contributed by atoms with E-state index in [4.69, 9.17) is 17.0 Å². The molecule has 2 unspecified atom stereocenters. The molecule has 0 aromatic heterocycles. The van der Waals surface area contributed by atoms with Crippen molar-refractivity contribution in [2.45, 2.75) is 112 Å². The van der Waals surface area contributed by atoms with E-state index in [2.05, 4.69) is 159 Å². The van der Waals surface area contributed by atoms with E-state index >= 15 is 0 Å². The van der Waals surface area contributed by atoms with Crippen LogP contribution in [0.25, 0.3) is 56.0 Å². The summed E-state index contributed by atoms with van der Waals surface area (Å²) in [5, 5.41) is 5.15. The molecule has 6 aromatic carbocycles. The molecule has 0 saturated heterocycles. The fraction of sp³-hybridized carbons (Fsp3) is 0.333. The summed E-state index contributed by atoms with van der Waals surface area (Å²) in [5.41, 5.74) is 22.0. The second kappa shape index (κ2) is 15.4. The van der Waals surface area contributed by atoms with Crippen molar-refractivity contribution in [1.29, 1.82) is 0 Å². The van der Waals surface area contributed by atoms with Gasteiger partial charge in [-0.2, -0.15) is 0 Å². The van der Waals surface area contributed by atoms with Crippen LogP contribution in [-0.4, -0.2) is 0 Å². The number of halogens is 2. The van der Waals surface area contributed by atoms with Crippen LogP contribution in [0.2, 0.25) is 4.13 Å². The van der Waals surface area contributed by atoms with Crippen molar-refractivity contribution in [3.8, 4) is 22.3 Å². The van der Waals surface area contributed by atoms with Gasteiger partial charge in [-0.05, 0) is 0 Å². The molecule has 0 aliphatic heterocycles. The summed E-state index contributed by atoms with van der Waals surface area (Å²) in [4.78, 5) is 0. The number of hydrogen-bond acceptors (Lipinski definition) is 0. The Hall–Kier alpha value is -3.22. The first-order chi connectivity index (χ1) is 27.4. The summed E-state index contributed by atoms with van der Waals surface area (Å²) >= 11 is -5.14. The molecule has 0 spiro atoms. The summed E-state index contributed by atoms with van der Waals surface area (Å²) in [6.07, 6.45) is 11.7. The molecule has 2 aliphatic rings. The Labute approximate surface area is 350 Å². The Balaban J connectivity index is 1.45. The first-order valence-corrected chi connectivity index (χ1v) is 32.5. The van der Waals surface area contributed by atoms with Crippen LogP contribution in [0.15, 0.2) is 96.1 Å². The molecule has 0 radical (unpaired) electrons. The van der Waals surface area contributed by atoms with Crippen LogP contribution in [0.3, 0.4) is 0 Å². The van der Waals surface area contributed by atoms with E-state index < -0.39 is 16.4 Å². The van der Waals surface area contributed by atoms with E-state index in [0.717, 1.165) is 42.7 Å². The molecular weight excluding hydrogens is 811 g/mol. The van der Waals surface area contributed by atoms with Crippen molar-refractivity contribution in [3.05, 3.63) is 152 Å². The molecule has 6 aromatic rings. The molecule has 2 atom stereocenters. The molecule has 0 nitrogen and oxygen atoms in total. The summed E-state index contributed by atoms with van der Waals surface area (Å²) < 4.78 is 0.868. The molecule has 293 valence electrons. The molecule has 3 heteroatoms. The number of unbranched alkanes of at least 4 members (excludes halogenated alkanes) is 2. The van der Waals surface area contributed by atoms with E-state index in [9.17, 15) is 0 Å². The van der Waals surface area contributed by atoms with Gasteiger partial charge >= 0.3 is 353 Å². The Morgan fingerprint density at radius 2 is 0.860 bits per heavy atom. The Bertz CT molecular complexity index is 2460. The van der Waals surface area contributed by atoms with Crippen molar-refractivity contribution in [3.63, 3.8) is 0 Å². The van der Waals surface area contributed by atoms with Gasteiger partial charge in [-0.25, -0.2) is 0 Å². The molecule has 57 heavy (non-hydrogen) atoms. The van der Waals surface area contributed by atoms with Gasteiger partial charge in [0.2, 0.25) is 0 Å². The van der Waals surface area contributed by atoms with E-state index in [0.29, 0.717) is 0 Å². The van der Waals surface area contributed by atoms with Crippen molar-refractivity contribution in [2.24, 2.45) is 0 Å². The fourth-order valence-corrected chi connectivity index (χ4v) is 29.4. The van der Waals surface area contributed by atoms with Crippen LogP contribution in [0.4, 0.5) is 0 Å². The van der Waals surface area contributed by atoms with Gasteiger partial charge in [-0.1, -0.05) is 0 Å². The summed E-state index contributed by atoms with van der Waals surface area (Å²) in [5.74, 6) is 0. The van der Waals surface area contributed by atoms with Gasteiger partial charge < -0.3 is 0 Å². The Morgan fingerprint density at radius 3 is 1.25 bits per heavy atom. The Morgan fingerprint density at radius 1 is 0.474 bits per heavy atom. The maximum absolute atomic E-state index is 9.00. The zero-order valence-electron chi connectivity index (χ0n) is 35.6. The van der Waals surface area contributed by atoms with E-state index in [1.165, 1.54) is 111 Å². The van der Waals surface area contributed by atoms with Gasteiger partial charge in [0.05, 0.1) is 0 Å². The Kier molecular flexibility index (Phi) is 11.0. The predicted octanol–water partition coefficient (Wildman–Crippen LogP) is 17.6. The molecule has 2 aliphatic carbocycles. The molecule has 0 saturated carbocycles. The summed E-state index contributed by atoms with van der Waals surface area (Å²) in [7, 11) is 18.0. The monoisotopic (exact) mass is 867 g/mol. The minimum atomic E-state index is -5.14.